The molecule has 0 aliphatic carbocycles. The van der Waals surface area contributed by atoms with Crippen LogP contribution in [0.1, 0.15) is 22.3 Å². The van der Waals surface area contributed by atoms with Gasteiger partial charge < -0.3 is 20.1 Å². The molecule has 1 aliphatic heterocycles. The Balaban J connectivity index is 2.32. The summed E-state index contributed by atoms with van der Waals surface area (Å²) in [5.74, 6) is -2.88. The molecule has 0 atom stereocenters. The summed E-state index contributed by atoms with van der Waals surface area (Å²) < 4.78 is 25.3. The topological polar surface area (TPSA) is 143 Å². The first kappa shape index (κ1) is 17.9. The quantitative estimate of drug-likeness (QED) is 0.670. The van der Waals surface area contributed by atoms with Crippen LogP contribution in [0.2, 0.25) is 0 Å². The second-order valence-electron chi connectivity index (χ2n) is 6.07. The van der Waals surface area contributed by atoms with Gasteiger partial charge in [0.05, 0.1) is 10.4 Å². The summed E-state index contributed by atoms with van der Waals surface area (Å²) in [6, 6.07) is 2.69. The number of aromatic hydroxyl groups is 1. The molecule has 1 aromatic heterocycles. The van der Waals surface area contributed by atoms with Gasteiger partial charge in [0, 0.05) is 18.2 Å². The summed E-state index contributed by atoms with van der Waals surface area (Å²) in [7, 11) is -3.53. The molecule has 2 heterocycles. The fourth-order valence-electron chi connectivity index (χ4n) is 3.25. The van der Waals surface area contributed by atoms with Crippen molar-refractivity contribution in [2.45, 2.75) is 24.3 Å². The van der Waals surface area contributed by atoms with Gasteiger partial charge in [-0.3, -0.25) is 14.4 Å². The number of benzene rings is 1. The third-order valence-electron chi connectivity index (χ3n) is 4.30. The van der Waals surface area contributed by atoms with E-state index in [2.05, 4.69) is 5.32 Å². The van der Waals surface area contributed by atoms with E-state index >= 15 is 0 Å². The van der Waals surface area contributed by atoms with Crippen molar-refractivity contribution in [3.8, 4) is 5.75 Å². The van der Waals surface area contributed by atoms with E-state index in [4.69, 9.17) is 5.11 Å². The van der Waals surface area contributed by atoms with E-state index in [1.807, 2.05) is 0 Å². The number of hydrogen-bond donors (Lipinski definition) is 3. The fourth-order valence-corrected chi connectivity index (χ4v) is 4.22. The fraction of sp³-hybridized carbons (Fsp3) is 0.312. The predicted molar refractivity (Wildman–Crippen MR) is 91.3 cm³/mol. The second-order valence-corrected chi connectivity index (χ2v) is 8.06. The van der Waals surface area contributed by atoms with Crippen molar-refractivity contribution in [2.75, 3.05) is 12.8 Å². The number of carboxylic acid groups (broad SMARTS) is 1. The summed E-state index contributed by atoms with van der Waals surface area (Å²) in [6.45, 7) is -0.441. The molecule has 138 valence electrons. The van der Waals surface area contributed by atoms with Crippen molar-refractivity contribution < 1.29 is 28.2 Å². The van der Waals surface area contributed by atoms with Crippen LogP contribution in [0.3, 0.4) is 0 Å². The highest BCUT2D eigenvalue weighted by atomic mass is 32.2. The summed E-state index contributed by atoms with van der Waals surface area (Å²) in [4.78, 5) is 35.6. The van der Waals surface area contributed by atoms with Crippen LogP contribution in [0.15, 0.2) is 21.8 Å². The van der Waals surface area contributed by atoms with Crippen molar-refractivity contribution in [1.29, 1.82) is 0 Å². The molecule has 1 aliphatic rings. The van der Waals surface area contributed by atoms with Crippen molar-refractivity contribution >= 4 is 32.6 Å². The first-order valence-corrected chi connectivity index (χ1v) is 9.63. The molecule has 1 aromatic carbocycles. The minimum absolute atomic E-state index is 0.0836. The summed E-state index contributed by atoms with van der Waals surface area (Å²) in [6.07, 6.45) is 1.98. The maximum Gasteiger partial charge on any atom is 0.322 e. The van der Waals surface area contributed by atoms with Crippen LogP contribution >= 0.6 is 0 Å². The minimum Gasteiger partial charge on any atom is -0.506 e. The Bertz CT molecular complexity index is 1120. The zero-order valence-electron chi connectivity index (χ0n) is 13.8. The third-order valence-corrected chi connectivity index (χ3v) is 5.48. The molecule has 1 amide bonds. The Hall–Kier alpha value is -2.88. The van der Waals surface area contributed by atoms with Crippen LogP contribution in [0.5, 0.6) is 5.75 Å². The van der Waals surface area contributed by atoms with Gasteiger partial charge >= 0.3 is 5.97 Å². The average molecular weight is 380 g/mol. The van der Waals surface area contributed by atoms with Gasteiger partial charge in [-0.2, -0.15) is 0 Å². The molecule has 10 heteroatoms. The molecule has 0 fully saturated rings. The van der Waals surface area contributed by atoms with Crippen LogP contribution in [0.25, 0.3) is 10.9 Å². The van der Waals surface area contributed by atoms with Crippen molar-refractivity contribution in [1.82, 2.24) is 9.88 Å². The summed E-state index contributed by atoms with van der Waals surface area (Å²) in [5.41, 5.74) is -0.624. The SMILES string of the molecule is CS(=O)(=O)c1ccc2c(O)c(C(=O)NCC(=O)O)c(=O)n3c2c1CCC3. The number of hydrogen-bond acceptors (Lipinski definition) is 6. The molecule has 0 saturated carbocycles. The number of amides is 1. The molecule has 0 saturated heterocycles. The van der Waals surface area contributed by atoms with Crippen LogP contribution in [-0.4, -0.2) is 47.9 Å². The average Bonchev–Trinajstić information content (AvgIpc) is 2.56. The molecule has 3 N–H and O–H groups in total. The number of nitrogens with one attached hydrogen (secondary N) is 1. The molecule has 9 nitrogen and oxygen atoms in total. The van der Waals surface area contributed by atoms with Crippen LogP contribution < -0.4 is 10.9 Å². The monoisotopic (exact) mass is 380 g/mol. The lowest BCUT2D eigenvalue weighted by atomic mass is 9.99. The van der Waals surface area contributed by atoms with E-state index in [1.165, 1.54) is 16.7 Å². The highest BCUT2D eigenvalue weighted by molar-refractivity contribution is 7.90. The van der Waals surface area contributed by atoms with Gasteiger partial charge in [0.15, 0.2) is 9.84 Å². The molecule has 2 aromatic rings. The Morgan fingerprint density at radius 3 is 2.62 bits per heavy atom. The van der Waals surface area contributed by atoms with Crippen LogP contribution in [-0.2, 0) is 27.6 Å². The summed E-state index contributed by atoms with van der Waals surface area (Å²) in [5, 5.41) is 21.3. The van der Waals surface area contributed by atoms with Gasteiger partial charge in [0.25, 0.3) is 11.5 Å². The Morgan fingerprint density at radius 1 is 1.31 bits per heavy atom. The minimum atomic E-state index is -3.53. The first-order valence-electron chi connectivity index (χ1n) is 7.74. The number of aryl methyl sites for hydroxylation is 2. The Labute approximate surface area is 147 Å². The second kappa shape index (κ2) is 6.13. The number of carboxylic acids is 1. The van der Waals surface area contributed by atoms with Crippen molar-refractivity contribution in [2.24, 2.45) is 0 Å². The Kier molecular flexibility index (Phi) is 4.23. The smallest absolute Gasteiger partial charge is 0.322 e. The van der Waals surface area contributed by atoms with Crippen molar-refractivity contribution in [3.05, 3.63) is 33.6 Å². The highest BCUT2D eigenvalue weighted by Crippen LogP contribution is 2.35. The number of sulfone groups is 1. The highest BCUT2D eigenvalue weighted by Gasteiger charge is 2.28. The van der Waals surface area contributed by atoms with Gasteiger partial charge in [-0.25, -0.2) is 8.42 Å². The maximum absolute atomic E-state index is 12.7. The van der Waals surface area contributed by atoms with E-state index in [0.717, 1.165) is 6.26 Å². The lowest BCUT2D eigenvalue weighted by Crippen LogP contribution is -2.36. The van der Waals surface area contributed by atoms with Crippen LogP contribution in [0.4, 0.5) is 0 Å². The normalized spacial score (nSPS) is 13.6. The zero-order chi connectivity index (χ0) is 19.2. The molecule has 0 radical (unpaired) electrons. The van der Waals surface area contributed by atoms with E-state index < -0.39 is 45.1 Å². The lowest BCUT2D eigenvalue weighted by molar-refractivity contribution is -0.135. The van der Waals surface area contributed by atoms with Gasteiger partial charge in [-0.15, -0.1) is 0 Å². The molecule has 0 bridgehead atoms. The summed E-state index contributed by atoms with van der Waals surface area (Å²) >= 11 is 0. The molecular formula is C16H16N2O7S. The molecular weight excluding hydrogens is 364 g/mol. The first-order chi connectivity index (χ1) is 12.1. The standard InChI is InChI=1S/C16H16N2O7S/c1-26(24,25)10-5-4-9-13-8(10)3-2-6-18(13)16(23)12(14(9)21)15(22)17-7-11(19)20/h4-5,21H,2-3,6-7H2,1H3,(H,17,22)(H,19,20). The van der Waals surface area contributed by atoms with E-state index in [9.17, 15) is 27.9 Å². The number of aliphatic carboxylic acids is 1. The largest absolute Gasteiger partial charge is 0.506 e. The zero-order valence-corrected chi connectivity index (χ0v) is 14.6. The number of carbonyl (C=O) groups is 2. The van der Waals surface area contributed by atoms with Gasteiger partial charge in [-0.1, -0.05) is 0 Å². The van der Waals surface area contributed by atoms with Gasteiger partial charge in [-0.05, 0) is 30.5 Å². The lowest BCUT2D eigenvalue weighted by Gasteiger charge is -2.23. The number of carbonyl (C=O) groups excluding carboxylic acids is 1. The van der Waals surface area contributed by atoms with Gasteiger partial charge in [0.1, 0.15) is 17.9 Å². The number of rotatable bonds is 4. The van der Waals surface area contributed by atoms with E-state index in [-0.39, 0.29) is 22.3 Å². The number of pyridine rings is 1. The molecule has 26 heavy (non-hydrogen) atoms. The van der Waals surface area contributed by atoms with Gasteiger partial charge in [0.2, 0.25) is 0 Å². The predicted octanol–water partition coefficient (Wildman–Crippen LogP) is -0.129. The van der Waals surface area contributed by atoms with Crippen molar-refractivity contribution in [3.63, 3.8) is 0 Å². The van der Waals surface area contributed by atoms with Crippen LogP contribution in [0, 0.1) is 0 Å². The molecule has 3 rings (SSSR count). The molecule has 0 unspecified atom stereocenters. The third kappa shape index (κ3) is 2.81. The maximum atomic E-state index is 12.7. The molecule has 0 spiro atoms. The number of nitrogens with zero attached hydrogens (tertiary/aromatic N) is 1. The van der Waals surface area contributed by atoms with E-state index in [1.54, 1.807) is 0 Å². The van der Waals surface area contributed by atoms with E-state index in [0.29, 0.717) is 18.4 Å². The number of aromatic nitrogens is 1. The Morgan fingerprint density at radius 2 is 2.00 bits per heavy atom.